The molecule has 1 heterocycles. The Morgan fingerprint density at radius 1 is 1.44 bits per heavy atom. The lowest BCUT2D eigenvalue weighted by molar-refractivity contribution is 0.108. The molecule has 0 aromatic rings. The largest absolute Gasteiger partial charge is 0.378 e. The van der Waals surface area contributed by atoms with Gasteiger partial charge in [-0.3, -0.25) is 0 Å². The van der Waals surface area contributed by atoms with Crippen LogP contribution in [0.5, 0.6) is 0 Å². The van der Waals surface area contributed by atoms with Gasteiger partial charge in [-0.25, -0.2) is 0 Å². The molecule has 1 aliphatic rings. The molecule has 1 rings (SSSR count). The van der Waals surface area contributed by atoms with E-state index in [4.69, 9.17) is 4.74 Å². The van der Waals surface area contributed by atoms with E-state index < -0.39 is 0 Å². The van der Waals surface area contributed by atoms with Gasteiger partial charge in [-0.1, -0.05) is 20.3 Å². The highest BCUT2D eigenvalue weighted by atomic mass is 16.5. The summed E-state index contributed by atoms with van der Waals surface area (Å²) in [5.41, 5.74) is 0. The molecule has 0 bridgehead atoms. The van der Waals surface area contributed by atoms with Crippen molar-refractivity contribution in [2.45, 2.75) is 33.3 Å². The van der Waals surface area contributed by atoms with E-state index >= 15 is 0 Å². The Balaban J connectivity index is 2.41. The fraction of sp³-hybridized carbons (Fsp3) is 1.00. The number of hydrogen-bond acceptors (Lipinski definition) is 1. The second-order valence-electron chi connectivity index (χ2n) is 3.07. The van der Waals surface area contributed by atoms with Gasteiger partial charge in [-0.15, -0.1) is 0 Å². The van der Waals surface area contributed by atoms with Crippen molar-refractivity contribution < 1.29 is 4.74 Å². The van der Waals surface area contributed by atoms with Gasteiger partial charge in [0.25, 0.3) is 0 Å². The third-order valence-corrected chi connectivity index (χ3v) is 2.58. The number of rotatable bonds is 1. The van der Waals surface area contributed by atoms with Crippen molar-refractivity contribution in [3.63, 3.8) is 0 Å². The van der Waals surface area contributed by atoms with Crippen LogP contribution in [-0.2, 0) is 4.74 Å². The Morgan fingerprint density at radius 2 is 2.11 bits per heavy atom. The molecule has 0 radical (unpaired) electrons. The van der Waals surface area contributed by atoms with Gasteiger partial charge < -0.3 is 4.74 Å². The molecule has 0 saturated carbocycles. The maximum atomic E-state index is 5.47. The summed E-state index contributed by atoms with van der Waals surface area (Å²) < 4.78 is 5.47. The third-order valence-electron chi connectivity index (χ3n) is 2.58. The molecule has 9 heavy (non-hydrogen) atoms. The summed E-state index contributed by atoms with van der Waals surface area (Å²) in [6.45, 7) is 7.67. The van der Waals surface area contributed by atoms with Crippen LogP contribution in [0.3, 0.4) is 0 Å². The number of hydrogen-bond donors (Lipinski definition) is 0. The van der Waals surface area contributed by atoms with Gasteiger partial charge in [0.15, 0.2) is 0 Å². The van der Waals surface area contributed by atoms with E-state index in [2.05, 4.69) is 20.8 Å². The minimum Gasteiger partial charge on any atom is -0.378 e. The third kappa shape index (κ3) is 1.26. The Labute approximate surface area is 57.4 Å². The Bertz CT molecular complexity index is 90.6. The van der Waals surface area contributed by atoms with E-state index in [-0.39, 0.29) is 0 Å². The van der Waals surface area contributed by atoms with Crippen molar-refractivity contribution in [1.82, 2.24) is 0 Å². The molecule has 54 valence electrons. The Hall–Kier alpha value is -0.0400. The van der Waals surface area contributed by atoms with Gasteiger partial charge in [0.05, 0.1) is 12.7 Å². The van der Waals surface area contributed by atoms with Crippen LogP contribution in [0.4, 0.5) is 0 Å². The van der Waals surface area contributed by atoms with E-state index in [0.717, 1.165) is 18.4 Å². The first-order chi connectivity index (χ1) is 4.25. The van der Waals surface area contributed by atoms with Gasteiger partial charge >= 0.3 is 0 Å². The van der Waals surface area contributed by atoms with Crippen LogP contribution in [0, 0.1) is 11.8 Å². The van der Waals surface area contributed by atoms with E-state index in [9.17, 15) is 0 Å². The van der Waals surface area contributed by atoms with Crippen LogP contribution < -0.4 is 0 Å². The normalized spacial score (nSPS) is 43.7. The van der Waals surface area contributed by atoms with Crippen LogP contribution in [0.25, 0.3) is 0 Å². The van der Waals surface area contributed by atoms with E-state index in [0.29, 0.717) is 6.10 Å². The second kappa shape index (κ2) is 2.70. The van der Waals surface area contributed by atoms with Crippen molar-refractivity contribution in [2.24, 2.45) is 11.8 Å². The van der Waals surface area contributed by atoms with Crippen LogP contribution in [0.15, 0.2) is 0 Å². The molecule has 0 amide bonds. The minimum atomic E-state index is 0.495. The predicted octanol–water partition coefficient (Wildman–Crippen LogP) is 2.07. The lowest BCUT2D eigenvalue weighted by Gasteiger charge is -2.12. The zero-order valence-electron chi connectivity index (χ0n) is 6.55. The van der Waals surface area contributed by atoms with Crippen LogP contribution in [0.1, 0.15) is 27.2 Å². The Kier molecular flexibility index (Phi) is 2.12. The monoisotopic (exact) mass is 128 g/mol. The molecule has 0 aliphatic carbocycles. The molecular formula is C8H16O. The highest BCUT2D eigenvalue weighted by molar-refractivity contribution is 4.76. The summed E-state index contributed by atoms with van der Waals surface area (Å²) in [6.07, 6.45) is 1.76. The van der Waals surface area contributed by atoms with Gasteiger partial charge in [0.1, 0.15) is 0 Å². The van der Waals surface area contributed by atoms with E-state index in [1.807, 2.05) is 0 Å². The lowest BCUT2D eigenvalue weighted by atomic mass is 9.92. The van der Waals surface area contributed by atoms with Crippen molar-refractivity contribution in [1.29, 1.82) is 0 Å². The van der Waals surface area contributed by atoms with Crippen molar-refractivity contribution in [3.8, 4) is 0 Å². The summed E-state index contributed by atoms with van der Waals surface area (Å²) >= 11 is 0. The summed E-state index contributed by atoms with van der Waals surface area (Å²) in [6, 6.07) is 0. The van der Waals surface area contributed by atoms with Gasteiger partial charge in [0.2, 0.25) is 0 Å². The van der Waals surface area contributed by atoms with Gasteiger partial charge in [0, 0.05) is 0 Å². The van der Waals surface area contributed by atoms with Crippen molar-refractivity contribution in [2.75, 3.05) is 6.61 Å². The lowest BCUT2D eigenvalue weighted by Crippen LogP contribution is -2.12. The molecule has 0 N–H and O–H groups in total. The molecule has 3 unspecified atom stereocenters. The molecule has 3 atom stereocenters. The zero-order chi connectivity index (χ0) is 6.85. The quantitative estimate of drug-likeness (QED) is 0.525. The highest BCUT2D eigenvalue weighted by Gasteiger charge is 2.28. The number of ether oxygens (including phenoxy) is 1. The van der Waals surface area contributed by atoms with Crippen LogP contribution in [-0.4, -0.2) is 12.7 Å². The van der Waals surface area contributed by atoms with Gasteiger partial charge in [-0.2, -0.15) is 0 Å². The zero-order valence-corrected chi connectivity index (χ0v) is 6.55. The van der Waals surface area contributed by atoms with E-state index in [1.165, 1.54) is 6.42 Å². The first-order valence-electron chi connectivity index (χ1n) is 3.87. The molecule has 1 fully saturated rings. The SMILES string of the molecule is CCC1COC(C)C1C. The molecule has 0 spiro atoms. The van der Waals surface area contributed by atoms with Crippen molar-refractivity contribution >= 4 is 0 Å². The molecule has 1 saturated heterocycles. The molecule has 0 aromatic carbocycles. The first kappa shape index (κ1) is 7.07. The van der Waals surface area contributed by atoms with Crippen LogP contribution in [0.2, 0.25) is 0 Å². The maximum absolute atomic E-state index is 5.47. The molecule has 1 aliphatic heterocycles. The predicted molar refractivity (Wildman–Crippen MR) is 38.4 cm³/mol. The topological polar surface area (TPSA) is 9.23 Å². The fourth-order valence-electron chi connectivity index (χ4n) is 1.45. The smallest absolute Gasteiger partial charge is 0.0576 e. The molecule has 0 aromatic heterocycles. The fourth-order valence-corrected chi connectivity index (χ4v) is 1.45. The molecular weight excluding hydrogens is 112 g/mol. The van der Waals surface area contributed by atoms with E-state index in [1.54, 1.807) is 0 Å². The summed E-state index contributed by atoms with van der Waals surface area (Å²) in [5, 5.41) is 0. The summed E-state index contributed by atoms with van der Waals surface area (Å²) in [4.78, 5) is 0. The average molecular weight is 128 g/mol. The maximum Gasteiger partial charge on any atom is 0.0576 e. The van der Waals surface area contributed by atoms with Crippen LogP contribution >= 0.6 is 0 Å². The standard InChI is InChI=1S/C8H16O/c1-4-8-5-9-7(3)6(8)2/h6-8H,4-5H2,1-3H3. The summed E-state index contributed by atoms with van der Waals surface area (Å²) in [7, 11) is 0. The molecule has 1 nitrogen and oxygen atoms in total. The first-order valence-corrected chi connectivity index (χ1v) is 3.87. The Morgan fingerprint density at radius 3 is 2.33 bits per heavy atom. The second-order valence-corrected chi connectivity index (χ2v) is 3.07. The highest BCUT2D eigenvalue weighted by Crippen LogP contribution is 2.28. The van der Waals surface area contributed by atoms with Gasteiger partial charge in [-0.05, 0) is 18.8 Å². The molecule has 1 heteroatoms. The average Bonchev–Trinajstić information content (AvgIpc) is 2.15. The van der Waals surface area contributed by atoms with Crippen molar-refractivity contribution in [3.05, 3.63) is 0 Å². The minimum absolute atomic E-state index is 0.495. The summed E-state index contributed by atoms with van der Waals surface area (Å²) in [5.74, 6) is 1.59.